The fourth-order valence-electron chi connectivity index (χ4n) is 5.36. The van der Waals surface area contributed by atoms with Crippen LogP contribution in [-0.2, 0) is 24.9 Å². The van der Waals surface area contributed by atoms with Gasteiger partial charge in [0.2, 0.25) is 5.78 Å². The van der Waals surface area contributed by atoms with Gasteiger partial charge in [0.05, 0.1) is 12.7 Å². The summed E-state index contributed by atoms with van der Waals surface area (Å²) in [6.45, 7) is 3.15. The molecule has 2 bridgehead atoms. The van der Waals surface area contributed by atoms with Gasteiger partial charge in [-0.1, -0.05) is 18.2 Å². The molecular formula is C23H29FN6O3. The van der Waals surface area contributed by atoms with E-state index in [4.69, 9.17) is 4.74 Å². The minimum Gasteiger partial charge on any atom is -0.373 e. The Morgan fingerprint density at radius 3 is 2.55 bits per heavy atom. The maximum absolute atomic E-state index is 13.9. The van der Waals surface area contributed by atoms with Gasteiger partial charge in [0.25, 0.3) is 0 Å². The third-order valence-corrected chi connectivity index (χ3v) is 7.00. The molecule has 9 nitrogen and oxygen atoms in total. The summed E-state index contributed by atoms with van der Waals surface area (Å²) in [5.74, 6) is 0.490. The molecule has 0 saturated carbocycles. The summed E-state index contributed by atoms with van der Waals surface area (Å²) < 4.78 is 23.7. The summed E-state index contributed by atoms with van der Waals surface area (Å²) in [4.78, 5) is 32.1. The minimum atomic E-state index is -0.447. The van der Waals surface area contributed by atoms with Crippen LogP contribution in [0.3, 0.4) is 0 Å². The van der Waals surface area contributed by atoms with Gasteiger partial charge in [-0.25, -0.2) is 18.5 Å². The zero-order valence-electron chi connectivity index (χ0n) is 19.0. The van der Waals surface area contributed by atoms with Crippen molar-refractivity contribution in [3.05, 3.63) is 62.4 Å². The van der Waals surface area contributed by atoms with E-state index in [0.717, 1.165) is 32.2 Å². The van der Waals surface area contributed by atoms with E-state index in [9.17, 15) is 14.0 Å². The monoisotopic (exact) mass is 456 g/mol. The first-order chi connectivity index (χ1) is 15.9. The van der Waals surface area contributed by atoms with Crippen LogP contribution < -0.4 is 11.4 Å². The van der Waals surface area contributed by atoms with Crippen molar-refractivity contribution in [2.75, 3.05) is 6.54 Å². The van der Waals surface area contributed by atoms with Crippen molar-refractivity contribution in [2.24, 2.45) is 7.05 Å². The third-order valence-electron chi connectivity index (χ3n) is 7.00. The summed E-state index contributed by atoms with van der Waals surface area (Å²) in [7, 11) is 1.61. The molecule has 10 heteroatoms. The normalized spacial score (nSPS) is 22.9. The maximum Gasteiger partial charge on any atom is 0.356 e. The van der Waals surface area contributed by atoms with E-state index in [1.54, 1.807) is 26.1 Å². The number of hydrogen-bond acceptors (Lipinski definition) is 6. The van der Waals surface area contributed by atoms with Crippen molar-refractivity contribution in [1.82, 2.24) is 28.6 Å². The molecule has 2 aliphatic heterocycles. The van der Waals surface area contributed by atoms with E-state index in [1.807, 2.05) is 6.07 Å². The van der Waals surface area contributed by atoms with E-state index in [2.05, 4.69) is 15.0 Å². The number of piperidine rings is 1. The standard InChI is InChI=1S/C23H29FN6O3/c1-15-25-21-27(2)22(31)29(23(32)30(21)26-15)11-5-10-28-17-8-9-18(28)13-19(12-17)33-14-16-6-3-4-7-20(16)24/h3-4,6-7,17-19H,5,8-14H2,1-2H3. The van der Waals surface area contributed by atoms with Crippen LogP contribution in [0.4, 0.5) is 4.39 Å². The SMILES string of the molecule is Cc1nc2n(C)c(=O)n(CCCN3C4CCC3CC(OCc3ccccc3F)C4)c(=O)n2n1. The number of aromatic nitrogens is 5. The van der Waals surface area contributed by atoms with E-state index < -0.39 is 5.69 Å². The molecule has 2 atom stereocenters. The van der Waals surface area contributed by atoms with Crippen LogP contribution in [-0.4, -0.2) is 53.4 Å². The van der Waals surface area contributed by atoms with Gasteiger partial charge in [0, 0.05) is 37.8 Å². The Balaban J connectivity index is 1.20. The number of benzene rings is 1. The highest BCUT2D eigenvalue weighted by atomic mass is 19.1. The maximum atomic E-state index is 13.9. The first-order valence-electron chi connectivity index (χ1n) is 11.6. The first-order valence-corrected chi connectivity index (χ1v) is 11.6. The Morgan fingerprint density at radius 2 is 1.82 bits per heavy atom. The van der Waals surface area contributed by atoms with Gasteiger partial charge in [-0.2, -0.15) is 4.98 Å². The summed E-state index contributed by atoms with van der Waals surface area (Å²) in [5, 5.41) is 4.13. The average Bonchev–Trinajstić information content (AvgIpc) is 3.30. The highest BCUT2D eigenvalue weighted by Crippen LogP contribution is 2.37. The van der Waals surface area contributed by atoms with Crippen LogP contribution in [0.15, 0.2) is 33.9 Å². The van der Waals surface area contributed by atoms with Crippen LogP contribution in [0.1, 0.15) is 43.5 Å². The number of rotatable bonds is 7. The van der Waals surface area contributed by atoms with Gasteiger partial charge in [-0.05, 0) is 45.1 Å². The Kier molecular flexibility index (Phi) is 5.88. The molecule has 0 amide bonds. The van der Waals surface area contributed by atoms with Crippen molar-refractivity contribution >= 4 is 5.78 Å². The van der Waals surface area contributed by atoms with Crippen molar-refractivity contribution < 1.29 is 9.13 Å². The molecule has 2 aromatic heterocycles. The van der Waals surface area contributed by atoms with E-state index in [-0.39, 0.29) is 23.4 Å². The van der Waals surface area contributed by atoms with Crippen molar-refractivity contribution in [1.29, 1.82) is 0 Å². The smallest absolute Gasteiger partial charge is 0.356 e. The Hall–Kier alpha value is -2.85. The van der Waals surface area contributed by atoms with Gasteiger partial charge in [-0.3, -0.25) is 9.47 Å². The minimum absolute atomic E-state index is 0.131. The molecule has 1 aromatic carbocycles. The number of fused-ring (bicyclic) bond motifs is 3. The molecule has 2 saturated heterocycles. The van der Waals surface area contributed by atoms with Crippen LogP contribution in [0, 0.1) is 12.7 Å². The highest BCUT2D eigenvalue weighted by Gasteiger charge is 2.40. The fraction of sp³-hybridized carbons (Fsp3) is 0.565. The Bertz CT molecular complexity index is 1270. The fourth-order valence-corrected chi connectivity index (χ4v) is 5.36. The lowest BCUT2D eigenvalue weighted by atomic mass is 9.99. The molecule has 2 aliphatic rings. The van der Waals surface area contributed by atoms with Gasteiger partial charge in [0.15, 0.2) is 0 Å². The molecule has 0 spiro atoms. The molecule has 33 heavy (non-hydrogen) atoms. The molecule has 2 unspecified atom stereocenters. The second-order valence-electron chi connectivity index (χ2n) is 9.12. The Morgan fingerprint density at radius 1 is 1.09 bits per heavy atom. The summed E-state index contributed by atoms with van der Waals surface area (Å²) in [6.07, 6.45) is 4.92. The molecule has 4 heterocycles. The average molecular weight is 457 g/mol. The zero-order chi connectivity index (χ0) is 23.1. The van der Waals surface area contributed by atoms with Crippen molar-refractivity contribution in [3.8, 4) is 0 Å². The topological polar surface area (TPSA) is 86.7 Å². The molecule has 0 aliphatic carbocycles. The number of hydrogen-bond donors (Lipinski definition) is 0. The van der Waals surface area contributed by atoms with Crippen LogP contribution in [0.25, 0.3) is 5.78 Å². The van der Waals surface area contributed by atoms with Crippen molar-refractivity contribution in [3.63, 3.8) is 0 Å². The number of ether oxygens (including phenoxy) is 1. The lowest BCUT2D eigenvalue weighted by Gasteiger charge is -2.38. The largest absolute Gasteiger partial charge is 0.373 e. The van der Waals surface area contributed by atoms with Crippen LogP contribution in [0.5, 0.6) is 0 Å². The number of nitrogens with zero attached hydrogens (tertiary/aromatic N) is 6. The van der Waals surface area contributed by atoms with E-state index in [1.165, 1.54) is 19.7 Å². The molecular weight excluding hydrogens is 427 g/mol. The third kappa shape index (κ3) is 4.13. The predicted molar refractivity (Wildman–Crippen MR) is 120 cm³/mol. The summed E-state index contributed by atoms with van der Waals surface area (Å²) >= 11 is 0. The lowest BCUT2D eigenvalue weighted by molar-refractivity contribution is -0.0293. The molecule has 0 radical (unpaired) electrons. The molecule has 176 valence electrons. The van der Waals surface area contributed by atoms with Crippen molar-refractivity contribution in [2.45, 2.75) is 70.4 Å². The zero-order valence-corrected chi connectivity index (χ0v) is 19.0. The van der Waals surface area contributed by atoms with E-state index in [0.29, 0.717) is 43.0 Å². The van der Waals surface area contributed by atoms with Gasteiger partial charge in [-0.15, -0.1) is 9.61 Å². The summed E-state index contributed by atoms with van der Waals surface area (Å²) in [6, 6.07) is 7.60. The summed E-state index contributed by atoms with van der Waals surface area (Å²) in [5.41, 5.74) is -0.223. The van der Waals surface area contributed by atoms with Gasteiger partial charge in [0.1, 0.15) is 11.6 Å². The molecule has 0 N–H and O–H groups in total. The number of halogens is 1. The molecule has 2 fully saturated rings. The second kappa shape index (κ2) is 8.83. The van der Waals surface area contributed by atoms with E-state index >= 15 is 0 Å². The molecule has 5 rings (SSSR count). The predicted octanol–water partition coefficient (Wildman–Crippen LogP) is 1.64. The van der Waals surface area contributed by atoms with Gasteiger partial charge >= 0.3 is 11.4 Å². The van der Waals surface area contributed by atoms with Crippen LogP contribution in [0.2, 0.25) is 0 Å². The Labute approximate surface area is 190 Å². The second-order valence-corrected chi connectivity index (χ2v) is 9.12. The molecule has 3 aromatic rings. The number of aryl methyl sites for hydroxylation is 2. The van der Waals surface area contributed by atoms with Crippen LogP contribution >= 0.6 is 0 Å². The lowest BCUT2D eigenvalue weighted by Crippen LogP contribution is -2.47. The highest BCUT2D eigenvalue weighted by molar-refractivity contribution is 5.25. The first kappa shape index (κ1) is 22.0. The quantitative estimate of drug-likeness (QED) is 0.537. The van der Waals surface area contributed by atoms with Gasteiger partial charge < -0.3 is 4.74 Å².